The fraction of sp³-hybridized carbons (Fsp3) is 0.481. The summed E-state index contributed by atoms with van der Waals surface area (Å²) in [5, 5.41) is 9.47. The molecule has 0 aliphatic carbocycles. The van der Waals surface area contributed by atoms with Crippen molar-refractivity contribution in [2.75, 3.05) is 26.7 Å². The fourth-order valence-corrected chi connectivity index (χ4v) is 4.32. The molecule has 3 rings (SSSR count). The Hall–Kier alpha value is -2.13. The van der Waals surface area contributed by atoms with Gasteiger partial charge in [0.15, 0.2) is 5.96 Å². The molecule has 1 aliphatic heterocycles. The topological polar surface area (TPSA) is 68.8 Å². The lowest BCUT2D eigenvalue weighted by Gasteiger charge is -2.33. The monoisotopic (exact) mass is 577 g/mol. The highest BCUT2D eigenvalue weighted by atomic mass is 127. The van der Waals surface area contributed by atoms with E-state index < -0.39 is 0 Å². The molecule has 1 heterocycles. The van der Waals surface area contributed by atoms with Crippen LogP contribution in [0.15, 0.2) is 53.5 Å². The number of amides is 1. The number of likely N-dealkylation sites (tertiary alicyclic amines) is 1. The average Bonchev–Trinajstić information content (AvgIpc) is 2.84. The summed E-state index contributed by atoms with van der Waals surface area (Å²) in [5.74, 6) is 0.762. The van der Waals surface area contributed by atoms with Crippen LogP contribution >= 0.6 is 24.0 Å². The molecular weight excluding hydrogens is 537 g/mol. The lowest BCUT2D eigenvalue weighted by Crippen LogP contribution is -2.38. The second-order valence-corrected chi connectivity index (χ2v) is 8.74. The predicted octanol–water partition coefficient (Wildman–Crippen LogP) is 4.34. The fourth-order valence-electron chi connectivity index (χ4n) is 4.32. The zero-order valence-electron chi connectivity index (χ0n) is 20.8. The average molecular weight is 578 g/mol. The Morgan fingerprint density at radius 1 is 1.09 bits per heavy atom. The van der Waals surface area contributed by atoms with Crippen LogP contribution in [-0.4, -0.2) is 49.5 Å². The van der Waals surface area contributed by atoms with E-state index in [1.54, 1.807) is 7.05 Å². The Morgan fingerprint density at radius 3 is 2.62 bits per heavy atom. The number of benzene rings is 2. The van der Waals surface area contributed by atoms with E-state index in [1.165, 1.54) is 36.9 Å². The van der Waals surface area contributed by atoms with Crippen LogP contribution in [0.5, 0.6) is 0 Å². The number of carbonyl (C=O) groups is 1. The highest BCUT2D eigenvalue weighted by molar-refractivity contribution is 14.0. The maximum absolute atomic E-state index is 11.9. The van der Waals surface area contributed by atoms with Crippen LogP contribution in [0.4, 0.5) is 0 Å². The number of piperidine rings is 1. The maximum Gasteiger partial charge on any atom is 0.251 e. The molecule has 2 aromatic carbocycles. The molecule has 0 aromatic heterocycles. The Balaban J connectivity index is 0.00000408. The quantitative estimate of drug-likeness (QED) is 0.236. The number of hydrogen-bond acceptors (Lipinski definition) is 3. The minimum atomic E-state index is -0.0580. The summed E-state index contributed by atoms with van der Waals surface area (Å²) in [6, 6.07) is 17.1. The molecule has 0 saturated carbocycles. The van der Waals surface area contributed by atoms with Gasteiger partial charge in [0.05, 0.1) is 6.54 Å². The van der Waals surface area contributed by atoms with Crippen molar-refractivity contribution in [1.82, 2.24) is 20.9 Å². The number of nitrogens with zero attached hydrogens (tertiary/aromatic N) is 2. The van der Waals surface area contributed by atoms with Crippen molar-refractivity contribution in [3.63, 3.8) is 0 Å². The van der Waals surface area contributed by atoms with Gasteiger partial charge in [0.1, 0.15) is 0 Å². The largest absolute Gasteiger partial charge is 0.357 e. The molecular formula is C27H40IN5O. The van der Waals surface area contributed by atoms with Crippen molar-refractivity contribution >= 4 is 35.8 Å². The lowest BCUT2D eigenvalue weighted by atomic mass is 10.0. The zero-order valence-corrected chi connectivity index (χ0v) is 23.1. The first-order chi connectivity index (χ1) is 16.1. The molecule has 0 radical (unpaired) electrons. The molecule has 1 aliphatic rings. The third kappa shape index (κ3) is 8.58. The van der Waals surface area contributed by atoms with Gasteiger partial charge in [-0.15, -0.1) is 24.0 Å². The number of guanidine groups is 1. The standard InChI is InChI=1S/C27H39N5O.HI/c1-4-29-27(30-16-15-22-11-9-14-23(18-22)26(33)28-3)31-19-24-12-5-6-13-25(24)20-32-17-8-7-10-21(32)2;/h5-6,9,11-14,18,21H,4,7-8,10,15-17,19-20H2,1-3H3,(H,28,33)(H2,29,30,31);1H. The molecule has 2 aromatic rings. The van der Waals surface area contributed by atoms with E-state index in [1.807, 2.05) is 18.2 Å². The lowest BCUT2D eigenvalue weighted by molar-refractivity contribution is 0.0963. The molecule has 6 nitrogen and oxygen atoms in total. The number of nitrogens with one attached hydrogen (secondary N) is 3. The maximum atomic E-state index is 11.9. The number of halogens is 1. The predicted molar refractivity (Wildman–Crippen MR) is 152 cm³/mol. The van der Waals surface area contributed by atoms with Crippen molar-refractivity contribution in [2.45, 2.75) is 58.7 Å². The minimum Gasteiger partial charge on any atom is -0.357 e. The Labute approximate surface area is 222 Å². The third-order valence-electron chi connectivity index (χ3n) is 6.31. The summed E-state index contributed by atoms with van der Waals surface area (Å²) in [6.45, 7) is 8.82. The molecule has 1 amide bonds. The van der Waals surface area contributed by atoms with E-state index in [2.05, 4.69) is 65.0 Å². The van der Waals surface area contributed by atoms with Gasteiger partial charge in [-0.2, -0.15) is 0 Å². The number of carbonyl (C=O) groups excluding carboxylic acids is 1. The van der Waals surface area contributed by atoms with Crippen molar-refractivity contribution in [3.8, 4) is 0 Å². The summed E-state index contributed by atoms with van der Waals surface area (Å²) in [4.78, 5) is 19.3. The van der Waals surface area contributed by atoms with Gasteiger partial charge in [-0.3, -0.25) is 9.69 Å². The molecule has 1 fully saturated rings. The molecule has 1 atom stereocenters. The molecule has 1 saturated heterocycles. The SMILES string of the molecule is CCNC(=NCc1ccccc1CN1CCCCC1C)NCCc1cccc(C(=O)NC)c1.I. The van der Waals surface area contributed by atoms with Crippen LogP contribution in [-0.2, 0) is 19.5 Å². The van der Waals surface area contributed by atoms with Crippen LogP contribution < -0.4 is 16.0 Å². The first kappa shape index (κ1) is 28.1. The number of rotatable bonds is 9. The highest BCUT2D eigenvalue weighted by Gasteiger charge is 2.19. The highest BCUT2D eigenvalue weighted by Crippen LogP contribution is 2.21. The summed E-state index contributed by atoms with van der Waals surface area (Å²) in [6.07, 6.45) is 4.75. The van der Waals surface area contributed by atoms with Crippen LogP contribution in [0.25, 0.3) is 0 Å². The van der Waals surface area contributed by atoms with E-state index in [9.17, 15) is 4.79 Å². The van der Waals surface area contributed by atoms with Crippen molar-refractivity contribution in [1.29, 1.82) is 0 Å². The van der Waals surface area contributed by atoms with E-state index in [-0.39, 0.29) is 29.9 Å². The summed E-state index contributed by atoms with van der Waals surface area (Å²) in [5.41, 5.74) is 4.47. The van der Waals surface area contributed by atoms with Crippen LogP contribution in [0, 0.1) is 0 Å². The van der Waals surface area contributed by atoms with Crippen LogP contribution in [0.2, 0.25) is 0 Å². The molecule has 34 heavy (non-hydrogen) atoms. The van der Waals surface area contributed by atoms with Crippen LogP contribution in [0.3, 0.4) is 0 Å². The molecule has 7 heteroatoms. The molecule has 1 unspecified atom stereocenters. The normalized spacial score (nSPS) is 16.4. The second-order valence-electron chi connectivity index (χ2n) is 8.74. The Bertz CT molecular complexity index is 933. The van der Waals surface area contributed by atoms with E-state index >= 15 is 0 Å². The number of hydrogen-bond donors (Lipinski definition) is 3. The summed E-state index contributed by atoms with van der Waals surface area (Å²) < 4.78 is 0. The first-order valence-electron chi connectivity index (χ1n) is 12.2. The van der Waals surface area contributed by atoms with E-state index in [0.717, 1.165) is 37.6 Å². The minimum absolute atomic E-state index is 0. The van der Waals surface area contributed by atoms with Crippen molar-refractivity contribution in [2.24, 2.45) is 4.99 Å². The Kier molecular flexibility index (Phi) is 12.4. The van der Waals surface area contributed by atoms with E-state index in [0.29, 0.717) is 18.2 Å². The van der Waals surface area contributed by atoms with Gasteiger partial charge in [-0.05, 0) is 68.5 Å². The van der Waals surface area contributed by atoms with Crippen molar-refractivity contribution < 1.29 is 4.79 Å². The molecule has 0 spiro atoms. The molecule has 186 valence electrons. The summed E-state index contributed by atoms with van der Waals surface area (Å²) in [7, 11) is 1.65. The number of aliphatic imine (C=N–C) groups is 1. The van der Waals surface area contributed by atoms with Gasteiger partial charge in [0, 0.05) is 38.3 Å². The molecule has 3 N–H and O–H groups in total. The van der Waals surface area contributed by atoms with Gasteiger partial charge < -0.3 is 16.0 Å². The third-order valence-corrected chi connectivity index (χ3v) is 6.31. The molecule has 0 bridgehead atoms. The van der Waals surface area contributed by atoms with Gasteiger partial charge in [-0.1, -0.05) is 42.8 Å². The van der Waals surface area contributed by atoms with E-state index in [4.69, 9.17) is 4.99 Å². The van der Waals surface area contributed by atoms with Gasteiger partial charge in [0.2, 0.25) is 0 Å². The van der Waals surface area contributed by atoms with Gasteiger partial charge in [0.25, 0.3) is 5.91 Å². The van der Waals surface area contributed by atoms with Crippen LogP contribution in [0.1, 0.15) is 60.2 Å². The van der Waals surface area contributed by atoms with Gasteiger partial charge in [-0.25, -0.2) is 4.99 Å². The van der Waals surface area contributed by atoms with Gasteiger partial charge >= 0.3 is 0 Å². The zero-order chi connectivity index (χ0) is 23.5. The first-order valence-corrected chi connectivity index (χ1v) is 12.2. The summed E-state index contributed by atoms with van der Waals surface area (Å²) >= 11 is 0. The Morgan fingerprint density at radius 2 is 1.88 bits per heavy atom. The van der Waals surface area contributed by atoms with Crippen molar-refractivity contribution in [3.05, 3.63) is 70.8 Å². The second kappa shape index (κ2) is 15.0. The smallest absolute Gasteiger partial charge is 0.251 e.